The summed E-state index contributed by atoms with van der Waals surface area (Å²) in [7, 11) is 0. The number of aliphatic hydroxyl groups excluding tert-OH is 1. The number of nitrogens with zero attached hydrogens (tertiary/aromatic N) is 2. The highest BCUT2D eigenvalue weighted by atomic mass is 16.3. The summed E-state index contributed by atoms with van der Waals surface area (Å²) in [6.45, 7) is 5.48. The minimum Gasteiger partial charge on any atom is -0.396 e. The van der Waals surface area contributed by atoms with Crippen molar-refractivity contribution in [2.45, 2.75) is 39.0 Å². The first-order chi connectivity index (χ1) is 8.70. The maximum absolute atomic E-state index is 9.30. The Bertz CT molecular complexity index is 381. The molecule has 4 nitrogen and oxygen atoms in total. The van der Waals surface area contributed by atoms with Crippen molar-refractivity contribution in [2.75, 3.05) is 18.5 Å². The molecule has 1 heterocycles. The molecule has 2 unspecified atom stereocenters. The molecule has 2 atom stereocenters. The van der Waals surface area contributed by atoms with Gasteiger partial charge in [-0.15, -0.1) is 0 Å². The lowest BCUT2D eigenvalue weighted by atomic mass is 9.97. The van der Waals surface area contributed by atoms with Crippen LogP contribution in [0.25, 0.3) is 0 Å². The van der Waals surface area contributed by atoms with E-state index in [1.165, 1.54) is 12.8 Å². The van der Waals surface area contributed by atoms with Crippen LogP contribution in [0.1, 0.15) is 44.7 Å². The Labute approximate surface area is 109 Å². The second-order valence-electron chi connectivity index (χ2n) is 5.50. The molecule has 0 amide bonds. The average Bonchev–Trinajstić information content (AvgIpc) is 2.84. The van der Waals surface area contributed by atoms with Crippen molar-refractivity contribution in [2.24, 2.45) is 11.8 Å². The monoisotopic (exact) mass is 249 g/mol. The van der Waals surface area contributed by atoms with Crippen molar-refractivity contribution in [3.8, 4) is 0 Å². The SMILES string of the molecule is CC(C)c1cc(NCC2CCCC2CO)ncn1. The van der Waals surface area contributed by atoms with Gasteiger partial charge in [-0.1, -0.05) is 20.3 Å². The van der Waals surface area contributed by atoms with Crippen LogP contribution >= 0.6 is 0 Å². The predicted octanol–water partition coefficient (Wildman–Crippen LogP) is 2.42. The average molecular weight is 249 g/mol. The summed E-state index contributed by atoms with van der Waals surface area (Å²) in [6, 6.07) is 2.02. The first-order valence-electron chi connectivity index (χ1n) is 6.87. The van der Waals surface area contributed by atoms with Crippen LogP contribution < -0.4 is 5.32 Å². The van der Waals surface area contributed by atoms with Crippen LogP contribution in [-0.4, -0.2) is 28.2 Å². The summed E-state index contributed by atoms with van der Waals surface area (Å²) in [5.41, 5.74) is 1.07. The van der Waals surface area contributed by atoms with E-state index in [4.69, 9.17) is 0 Å². The molecule has 0 spiro atoms. The van der Waals surface area contributed by atoms with E-state index in [0.29, 0.717) is 24.4 Å². The molecule has 1 aliphatic carbocycles. The third-order valence-electron chi connectivity index (χ3n) is 3.88. The van der Waals surface area contributed by atoms with Gasteiger partial charge in [0, 0.05) is 24.9 Å². The molecule has 1 fully saturated rings. The first-order valence-corrected chi connectivity index (χ1v) is 6.87. The van der Waals surface area contributed by atoms with Gasteiger partial charge in [-0.25, -0.2) is 9.97 Å². The number of anilines is 1. The Morgan fingerprint density at radius 3 is 2.83 bits per heavy atom. The smallest absolute Gasteiger partial charge is 0.129 e. The summed E-state index contributed by atoms with van der Waals surface area (Å²) in [6.07, 6.45) is 5.22. The second-order valence-corrected chi connectivity index (χ2v) is 5.50. The van der Waals surface area contributed by atoms with Crippen molar-refractivity contribution in [1.82, 2.24) is 9.97 Å². The Morgan fingerprint density at radius 2 is 2.11 bits per heavy atom. The molecule has 1 aromatic heterocycles. The summed E-state index contributed by atoms with van der Waals surface area (Å²) in [4.78, 5) is 8.51. The van der Waals surface area contributed by atoms with Gasteiger partial charge in [0.15, 0.2) is 0 Å². The van der Waals surface area contributed by atoms with Crippen LogP contribution in [0, 0.1) is 11.8 Å². The molecule has 0 bridgehead atoms. The Kier molecular flexibility index (Phi) is 4.53. The summed E-state index contributed by atoms with van der Waals surface area (Å²) < 4.78 is 0. The van der Waals surface area contributed by atoms with Gasteiger partial charge in [-0.05, 0) is 30.6 Å². The van der Waals surface area contributed by atoms with Gasteiger partial charge in [0.2, 0.25) is 0 Å². The highest BCUT2D eigenvalue weighted by Crippen LogP contribution is 2.31. The second kappa shape index (κ2) is 6.14. The molecule has 18 heavy (non-hydrogen) atoms. The fourth-order valence-electron chi connectivity index (χ4n) is 2.64. The molecule has 0 aromatic carbocycles. The van der Waals surface area contributed by atoms with E-state index in [1.807, 2.05) is 6.07 Å². The van der Waals surface area contributed by atoms with E-state index in [9.17, 15) is 5.11 Å². The van der Waals surface area contributed by atoms with E-state index >= 15 is 0 Å². The molecule has 2 N–H and O–H groups in total. The van der Waals surface area contributed by atoms with Gasteiger partial charge in [0.25, 0.3) is 0 Å². The molecule has 1 saturated carbocycles. The first kappa shape index (κ1) is 13.3. The number of rotatable bonds is 5. The van der Waals surface area contributed by atoms with Gasteiger partial charge in [0.05, 0.1) is 0 Å². The van der Waals surface area contributed by atoms with Crippen molar-refractivity contribution in [1.29, 1.82) is 0 Å². The molecule has 0 aliphatic heterocycles. The van der Waals surface area contributed by atoms with Gasteiger partial charge in [-0.3, -0.25) is 0 Å². The molecule has 0 radical (unpaired) electrons. The largest absolute Gasteiger partial charge is 0.396 e. The third kappa shape index (κ3) is 3.19. The lowest BCUT2D eigenvalue weighted by molar-refractivity contribution is 0.199. The van der Waals surface area contributed by atoms with Crippen molar-refractivity contribution >= 4 is 5.82 Å². The van der Waals surface area contributed by atoms with Gasteiger partial charge >= 0.3 is 0 Å². The number of hydrogen-bond donors (Lipinski definition) is 2. The minimum absolute atomic E-state index is 0.313. The van der Waals surface area contributed by atoms with Crippen molar-refractivity contribution in [3.05, 3.63) is 18.1 Å². The molecule has 2 rings (SSSR count). The Balaban J connectivity index is 1.91. The molecular weight excluding hydrogens is 226 g/mol. The van der Waals surface area contributed by atoms with Gasteiger partial charge < -0.3 is 10.4 Å². The van der Waals surface area contributed by atoms with Crippen LogP contribution in [0.4, 0.5) is 5.82 Å². The molecular formula is C14H23N3O. The quantitative estimate of drug-likeness (QED) is 0.841. The summed E-state index contributed by atoms with van der Waals surface area (Å²) >= 11 is 0. The number of aromatic nitrogens is 2. The van der Waals surface area contributed by atoms with E-state index in [-0.39, 0.29) is 0 Å². The van der Waals surface area contributed by atoms with Crippen LogP contribution in [-0.2, 0) is 0 Å². The number of aliphatic hydroxyl groups is 1. The van der Waals surface area contributed by atoms with Crippen molar-refractivity contribution < 1.29 is 5.11 Å². The standard InChI is InChI=1S/C14H23N3O/c1-10(2)13-6-14(17-9-16-13)15-7-11-4-3-5-12(11)8-18/h6,9-12,18H,3-5,7-8H2,1-2H3,(H,15,16,17). The Morgan fingerprint density at radius 1 is 1.33 bits per heavy atom. The molecule has 1 aromatic rings. The predicted molar refractivity (Wildman–Crippen MR) is 72.5 cm³/mol. The zero-order valence-corrected chi connectivity index (χ0v) is 11.3. The van der Waals surface area contributed by atoms with Crippen LogP contribution in [0.5, 0.6) is 0 Å². The third-order valence-corrected chi connectivity index (χ3v) is 3.88. The van der Waals surface area contributed by atoms with Gasteiger partial charge in [-0.2, -0.15) is 0 Å². The van der Waals surface area contributed by atoms with Gasteiger partial charge in [0.1, 0.15) is 12.1 Å². The molecule has 1 aliphatic rings. The van der Waals surface area contributed by atoms with E-state index < -0.39 is 0 Å². The Hall–Kier alpha value is -1.16. The lowest BCUT2D eigenvalue weighted by Crippen LogP contribution is -2.21. The highest BCUT2D eigenvalue weighted by molar-refractivity contribution is 5.35. The molecule has 4 heteroatoms. The zero-order valence-electron chi connectivity index (χ0n) is 11.3. The molecule has 100 valence electrons. The normalized spacial score (nSPS) is 23.6. The maximum Gasteiger partial charge on any atom is 0.129 e. The maximum atomic E-state index is 9.30. The fourth-order valence-corrected chi connectivity index (χ4v) is 2.64. The molecule has 0 saturated heterocycles. The fraction of sp³-hybridized carbons (Fsp3) is 0.714. The number of hydrogen-bond acceptors (Lipinski definition) is 4. The highest BCUT2D eigenvalue weighted by Gasteiger charge is 2.26. The van der Waals surface area contributed by atoms with E-state index in [2.05, 4.69) is 29.1 Å². The van der Waals surface area contributed by atoms with E-state index in [0.717, 1.165) is 24.5 Å². The van der Waals surface area contributed by atoms with Crippen LogP contribution in [0.2, 0.25) is 0 Å². The minimum atomic E-state index is 0.313. The lowest BCUT2D eigenvalue weighted by Gasteiger charge is -2.18. The summed E-state index contributed by atoms with van der Waals surface area (Å²) in [5, 5.41) is 12.7. The van der Waals surface area contributed by atoms with E-state index in [1.54, 1.807) is 6.33 Å². The van der Waals surface area contributed by atoms with Crippen LogP contribution in [0.15, 0.2) is 12.4 Å². The summed E-state index contributed by atoms with van der Waals surface area (Å²) in [5.74, 6) is 2.36. The van der Waals surface area contributed by atoms with Crippen molar-refractivity contribution in [3.63, 3.8) is 0 Å². The zero-order chi connectivity index (χ0) is 13.0. The topological polar surface area (TPSA) is 58.0 Å². The number of nitrogens with one attached hydrogen (secondary N) is 1. The van der Waals surface area contributed by atoms with Crippen LogP contribution in [0.3, 0.4) is 0 Å².